The van der Waals surface area contributed by atoms with Crippen molar-refractivity contribution in [3.63, 3.8) is 0 Å². The number of aliphatic hydroxyl groups is 1. The molecule has 0 saturated heterocycles. The molecule has 0 unspecified atom stereocenters. The number of hydrogen-bond acceptors (Lipinski definition) is 5. The number of aromatic nitrogens is 1. The van der Waals surface area contributed by atoms with Crippen LogP contribution in [0.2, 0.25) is 0 Å². The van der Waals surface area contributed by atoms with E-state index in [9.17, 15) is 4.79 Å². The molecule has 0 aliphatic heterocycles. The monoisotopic (exact) mass is 292 g/mol. The summed E-state index contributed by atoms with van der Waals surface area (Å²) in [6.45, 7) is 0.702. The Morgan fingerprint density at radius 1 is 1.40 bits per heavy atom. The lowest BCUT2D eigenvalue weighted by molar-refractivity contribution is 0.0767. The molecule has 0 saturated carbocycles. The summed E-state index contributed by atoms with van der Waals surface area (Å²) >= 11 is 1.54. The van der Waals surface area contributed by atoms with Crippen molar-refractivity contribution < 1.29 is 14.6 Å². The summed E-state index contributed by atoms with van der Waals surface area (Å²) in [6.07, 6.45) is 1.74. The second-order valence-corrected chi connectivity index (χ2v) is 5.17. The summed E-state index contributed by atoms with van der Waals surface area (Å²) in [7, 11) is 1.66. The highest BCUT2D eigenvalue weighted by molar-refractivity contribution is 7.09. The molecule has 0 fully saturated rings. The third-order valence-corrected chi connectivity index (χ3v) is 3.48. The number of likely N-dealkylation sites (N-methyl/N-ethyl adjacent to an activating group) is 1. The molecule has 1 heterocycles. The molecule has 106 valence electrons. The number of rotatable bonds is 6. The van der Waals surface area contributed by atoms with E-state index in [0.29, 0.717) is 24.5 Å². The molecule has 2 rings (SSSR count). The normalized spacial score (nSPS) is 10.3. The Hall–Kier alpha value is -1.92. The summed E-state index contributed by atoms with van der Waals surface area (Å²) in [5, 5.41) is 11.6. The summed E-state index contributed by atoms with van der Waals surface area (Å²) in [6, 6.07) is 6.95. The van der Waals surface area contributed by atoms with Gasteiger partial charge in [-0.1, -0.05) is 0 Å². The number of carbonyl (C=O) groups is 1. The van der Waals surface area contributed by atoms with Crippen LogP contribution in [0.15, 0.2) is 35.8 Å². The molecule has 20 heavy (non-hydrogen) atoms. The van der Waals surface area contributed by atoms with Gasteiger partial charge in [0.15, 0.2) is 0 Å². The quantitative estimate of drug-likeness (QED) is 0.881. The topological polar surface area (TPSA) is 62.7 Å². The molecule has 0 aliphatic carbocycles. The second-order valence-electron chi connectivity index (χ2n) is 4.19. The van der Waals surface area contributed by atoms with E-state index in [4.69, 9.17) is 9.84 Å². The van der Waals surface area contributed by atoms with Crippen molar-refractivity contribution in [1.82, 2.24) is 9.88 Å². The molecule has 0 aliphatic rings. The van der Waals surface area contributed by atoms with E-state index < -0.39 is 0 Å². The van der Waals surface area contributed by atoms with Crippen LogP contribution in [0.1, 0.15) is 15.4 Å². The van der Waals surface area contributed by atoms with Crippen molar-refractivity contribution in [3.8, 4) is 5.75 Å². The minimum Gasteiger partial charge on any atom is -0.486 e. The molecular formula is C14H16N2O3S. The van der Waals surface area contributed by atoms with Gasteiger partial charge in [-0.2, -0.15) is 0 Å². The highest BCUT2D eigenvalue weighted by atomic mass is 32.1. The lowest BCUT2D eigenvalue weighted by Gasteiger charge is -2.15. The molecular weight excluding hydrogens is 276 g/mol. The van der Waals surface area contributed by atoms with Crippen molar-refractivity contribution in [3.05, 3.63) is 46.4 Å². The molecule has 5 nitrogen and oxygen atoms in total. The smallest absolute Gasteiger partial charge is 0.253 e. The van der Waals surface area contributed by atoms with Gasteiger partial charge >= 0.3 is 0 Å². The van der Waals surface area contributed by atoms with Gasteiger partial charge < -0.3 is 14.7 Å². The zero-order valence-electron chi connectivity index (χ0n) is 11.2. The molecule has 0 radical (unpaired) electrons. The Bertz CT molecular complexity index is 540. The maximum absolute atomic E-state index is 12.0. The largest absolute Gasteiger partial charge is 0.486 e. The maximum Gasteiger partial charge on any atom is 0.253 e. The Morgan fingerprint density at radius 2 is 2.15 bits per heavy atom. The highest BCUT2D eigenvalue weighted by Crippen LogP contribution is 2.15. The first kappa shape index (κ1) is 14.5. The van der Waals surface area contributed by atoms with Gasteiger partial charge in [-0.05, 0) is 24.3 Å². The standard InChI is InChI=1S/C14H16N2O3S/c1-16(7-8-17)14(18)11-2-4-12(5-3-11)19-10-13-15-6-9-20-13/h2-6,9,17H,7-8,10H2,1H3. The van der Waals surface area contributed by atoms with Gasteiger partial charge in [-0.3, -0.25) is 4.79 Å². The molecule has 6 heteroatoms. The van der Waals surface area contributed by atoms with Crippen LogP contribution in [-0.4, -0.2) is 41.1 Å². The lowest BCUT2D eigenvalue weighted by atomic mass is 10.2. The number of nitrogens with zero attached hydrogens (tertiary/aromatic N) is 2. The minimum atomic E-state index is -0.120. The fraction of sp³-hybridized carbons (Fsp3) is 0.286. The number of ether oxygens (including phenoxy) is 1. The predicted octanol–water partition coefficient (Wildman–Crippen LogP) is 1.79. The van der Waals surface area contributed by atoms with E-state index in [1.807, 2.05) is 5.38 Å². The first-order chi connectivity index (χ1) is 9.70. The molecule has 1 amide bonds. The number of benzene rings is 1. The van der Waals surface area contributed by atoms with E-state index in [-0.39, 0.29) is 12.5 Å². The van der Waals surface area contributed by atoms with Gasteiger partial charge in [0.25, 0.3) is 5.91 Å². The van der Waals surface area contributed by atoms with Crippen LogP contribution in [0, 0.1) is 0 Å². The van der Waals surface area contributed by atoms with Gasteiger partial charge in [-0.25, -0.2) is 4.98 Å². The Kier molecular flexibility index (Phi) is 5.09. The second kappa shape index (κ2) is 7.02. The third-order valence-electron chi connectivity index (χ3n) is 2.73. The zero-order valence-corrected chi connectivity index (χ0v) is 12.0. The molecule has 2 aromatic rings. The van der Waals surface area contributed by atoms with E-state index in [2.05, 4.69) is 4.98 Å². The molecule has 0 atom stereocenters. The van der Waals surface area contributed by atoms with Crippen LogP contribution in [0.5, 0.6) is 5.75 Å². The Balaban J connectivity index is 1.94. The molecule has 0 bridgehead atoms. The van der Waals surface area contributed by atoms with Crippen molar-refractivity contribution >= 4 is 17.2 Å². The van der Waals surface area contributed by atoms with Gasteiger partial charge in [0.2, 0.25) is 0 Å². The average molecular weight is 292 g/mol. The molecule has 1 N–H and O–H groups in total. The summed E-state index contributed by atoms with van der Waals surface area (Å²) in [4.78, 5) is 17.6. The van der Waals surface area contributed by atoms with E-state index in [0.717, 1.165) is 5.01 Å². The first-order valence-corrected chi connectivity index (χ1v) is 7.06. The summed E-state index contributed by atoms with van der Waals surface area (Å²) < 4.78 is 5.58. The van der Waals surface area contributed by atoms with Gasteiger partial charge in [0.1, 0.15) is 17.4 Å². The molecule has 1 aromatic carbocycles. The van der Waals surface area contributed by atoms with Gasteiger partial charge in [0.05, 0.1) is 6.61 Å². The van der Waals surface area contributed by atoms with Crippen LogP contribution in [0.4, 0.5) is 0 Å². The van der Waals surface area contributed by atoms with E-state index >= 15 is 0 Å². The van der Waals surface area contributed by atoms with Gasteiger partial charge in [0, 0.05) is 30.7 Å². The fourth-order valence-corrected chi connectivity index (χ4v) is 2.16. The van der Waals surface area contributed by atoms with Crippen LogP contribution in [0.25, 0.3) is 0 Å². The van der Waals surface area contributed by atoms with E-state index in [1.54, 1.807) is 37.5 Å². The molecule has 1 aromatic heterocycles. The maximum atomic E-state index is 12.0. The summed E-state index contributed by atoms with van der Waals surface area (Å²) in [5.41, 5.74) is 0.572. The van der Waals surface area contributed by atoms with Crippen LogP contribution in [-0.2, 0) is 6.61 Å². The number of aliphatic hydroxyl groups excluding tert-OH is 1. The Labute approximate surface area is 121 Å². The van der Waals surface area contributed by atoms with Crippen LogP contribution < -0.4 is 4.74 Å². The van der Waals surface area contributed by atoms with E-state index in [1.165, 1.54) is 16.2 Å². The van der Waals surface area contributed by atoms with Crippen LogP contribution in [0.3, 0.4) is 0 Å². The van der Waals surface area contributed by atoms with Crippen LogP contribution >= 0.6 is 11.3 Å². The average Bonchev–Trinajstić information content (AvgIpc) is 2.98. The third kappa shape index (κ3) is 3.79. The minimum absolute atomic E-state index is 0.0444. The predicted molar refractivity (Wildman–Crippen MR) is 76.9 cm³/mol. The van der Waals surface area contributed by atoms with Gasteiger partial charge in [-0.15, -0.1) is 11.3 Å². The Morgan fingerprint density at radius 3 is 2.75 bits per heavy atom. The summed E-state index contributed by atoms with van der Waals surface area (Å²) in [5.74, 6) is 0.576. The number of thiazole rings is 1. The van der Waals surface area contributed by atoms with Crippen molar-refractivity contribution in [2.24, 2.45) is 0 Å². The van der Waals surface area contributed by atoms with Crippen molar-refractivity contribution in [2.45, 2.75) is 6.61 Å². The fourth-order valence-electron chi connectivity index (χ4n) is 1.63. The highest BCUT2D eigenvalue weighted by Gasteiger charge is 2.10. The molecule has 0 spiro atoms. The lowest BCUT2D eigenvalue weighted by Crippen LogP contribution is -2.29. The van der Waals surface area contributed by atoms with Crippen molar-refractivity contribution in [1.29, 1.82) is 0 Å². The number of carbonyl (C=O) groups excluding carboxylic acids is 1. The zero-order chi connectivity index (χ0) is 14.4. The number of hydrogen-bond donors (Lipinski definition) is 1. The number of amides is 1. The van der Waals surface area contributed by atoms with Crippen molar-refractivity contribution in [2.75, 3.05) is 20.2 Å². The first-order valence-electron chi connectivity index (χ1n) is 6.18. The SMILES string of the molecule is CN(CCO)C(=O)c1ccc(OCc2nccs2)cc1.